The topological polar surface area (TPSA) is 29.5 Å². The number of hydrogen-bond acceptors (Lipinski definition) is 2. The normalized spacial score (nSPS) is 21.7. The molecule has 0 aromatic carbocycles. The highest BCUT2D eigenvalue weighted by atomic mass is 16.5. The largest absolute Gasteiger partial charge is 0.378 e. The Bertz CT molecular complexity index is 198. The number of amides is 1. The first-order chi connectivity index (χ1) is 7.11. The van der Waals surface area contributed by atoms with Gasteiger partial charge in [0, 0.05) is 26.1 Å². The van der Waals surface area contributed by atoms with E-state index in [0.29, 0.717) is 6.10 Å². The molecule has 1 heterocycles. The first-order valence-corrected chi connectivity index (χ1v) is 5.98. The number of rotatable bonds is 4. The molecule has 0 radical (unpaired) electrons. The van der Waals surface area contributed by atoms with Gasteiger partial charge in [-0.25, -0.2) is 0 Å². The summed E-state index contributed by atoms with van der Waals surface area (Å²) in [5.41, 5.74) is 0. The van der Waals surface area contributed by atoms with Gasteiger partial charge in [-0.2, -0.15) is 0 Å². The maximum absolute atomic E-state index is 11.6. The van der Waals surface area contributed by atoms with Gasteiger partial charge in [-0.1, -0.05) is 13.8 Å². The van der Waals surface area contributed by atoms with E-state index < -0.39 is 0 Å². The summed E-state index contributed by atoms with van der Waals surface area (Å²) < 4.78 is 5.63. The van der Waals surface area contributed by atoms with Crippen molar-refractivity contribution in [2.75, 3.05) is 20.2 Å². The van der Waals surface area contributed by atoms with E-state index in [4.69, 9.17) is 4.74 Å². The van der Waals surface area contributed by atoms with Gasteiger partial charge in [-0.15, -0.1) is 0 Å². The molecule has 88 valence electrons. The second-order valence-corrected chi connectivity index (χ2v) is 4.69. The Hall–Kier alpha value is -0.570. The summed E-state index contributed by atoms with van der Waals surface area (Å²) in [5, 5.41) is 0. The molecule has 0 saturated carbocycles. The van der Waals surface area contributed by atoms with Crippen molar-refractivity contribution >= 4 is 5.91 Å². The molecule has 1 saturated heterocycles. The number of hydrogen-bond donors (Lipinski definition) is 0. The van der Waals surface area contributed by atoms with Crippen LogP contribution in [0, 0.1) is 5.92 Å². The van der Waals surface area contributed by atoms with Gasteiger partial charge in [0.2, 0.25) is 5.91 Å². The molecule has 15 heavy (non-hydrogen) atoms. The first kappa shape index (κ1) is 12.5. The summed E-state index contributed by atoms with van der Waals surface area (Å²) in [6, 6.07) is 0. The van der Waals surface area contributed by atoms with Gasteiger partial charge in [0.15, 0.2) is 0 Å². The van der Waals surface area contributed by atoms with Crippen molar-refractivity contribution in [3.8, 4) is 0 Å². The lowest BCUT2D eigenvalue weighted by Gasteiger charge is -2.26. The molecule has 1 amide bonds. The third-order valence-corrected chi connectivity index (χ3v) is 2.93. The second-order valence-electron chi connectivity index (χ2n) is 4.69. The number of nitrogens with zero attached hydrogens (tertiary/aromatic N) is 1. The monoisotopic (exact) mass is 213 g/mol. The van der Waals surface area contributed by atoms with Crippen molar-refractivity contribution in [1.82, 2.24) is 4.90 Å². The van der Waals surface area contributed by atoms with Crippen molar-refractivity contribution < 1.29 is 9.53 Å². The summed E-state index contributed by atoms with van der Waals surface area (Å²) in [6.45, 7) is 5.60. The van der Waals surface area contributed by atoms with Gasteiger partial charge >= 0.3 is 0 Å². The molecule has 0 aromatic rings. The Morgan fingerprint density at radius 3 is 2.73 bits per heavy atom. The highest BCUT2D eigenvalue weighted by Crippen LogP contribution is 2.16. The van der Waals surface area contributed by atoms with Crippen LogP contribution in [0.5, 0.6) is 0 Å². The van der Waals surface area contributed by atoms with Crippen LogP contribution >= 0.6 is 0 Å². The lowest BCUT2D eigenvalue weighted by Crippen LogP contribution is -2.34. The molecule has 0 aromatic heterocycles. The fraction of sp³-hybridized carbons (Fsp3) is 0.917. The van der Waals surface area contributed by atoms with Crippen molar-refractivity contribution in [2.45, 2.75) is 45.6 Å². The molecule has 3 nitrogen and oxygen atoms in total. The third-order valence-electron chi connectivity index (χ3n) is 2.93. The summed E-state index contributed by atoms with van der Waals surface area (Å²) in [4.78, 5) is 13.4. The van der Waals surface area contributed by atoms with Crippen LogP contribution < -0.4 is 0 Å². The number of ether oxygens (including phenoxy) is 1. The Morgan fingerprint density at radius 2 is 2.20 bits per heavy atom. The highest BCUT2D eigenvalue weighted by Gasteiger charge is 2.17. The van der Waals surface area contributed by atoms with E-state index >= 15 is 0 Å². The van der Waals surface area contributed by atoms with Crippen LogP contribution in [-0.4, -0.2) is 37.1 Å². The third kappa shape index (κ3) is 4.20. The van der Waals surface area contributed by atoms with Crippen LogP contribution in [0.15, 0.2) is 0 Å². The summed E-state index contributed by atoms with van der Waals surface area (Å²) >= 11 is 0. The van der Waals surface area contributed by atoms with Crippen LogP contribution in [0.25, 0.3) is 0 Å². The second kappa shape index (κ2) is 6.11. The molecule has 3 heteroatoms. The van der Waals surface area contributed by atoms with Crippen LogP contribution in [0.3, 0.4) is 0 Å². The van der Waals surface area contributed by atoms with Gasteiger partial charge in [-0.05, 0) is 25.7 Å². The zero-order valence-electron chi connectivity index (χ0n) is 10.2. The van der Waals surface area contributed by atoms with E-state index in [1.54, 1.807) is 0 Å². The van der Waals surface area contributed by atoms with Crippen LogP contribution in [0.4, 0.5) is 0 Å². The first-order valence-electron chi connectivity index (χ1n) is 5.98. The summed E-state index contributed by atoms with van der Waals surface area (Å²) in [6.07, 6.45) is 4.98. The van der Waals surface area contributed by atoms with Crippen molar-refractivity contribution in [3.63, 3.8) is 0 Å². The maximum atomic E-state index is 11.6. The molecular weight excluding hydrogens is 190 g/mol. The smallest absolute Gasteiger partial charge is 0.224 e. The van der Waals surface area contributed by atoms with Gasteiger partial charge < -0.3 is 9.64 Å². The average molecular weight is 213 g/mol. The fourth-order valence-corrected chi connectivity index (χ4v) is 1.92. The van der Waals surface area contributed by atoms with Gasteiger partial charge in [0.1, 0.15) is 0 Å². The van der Waals surface area contributed by atoms with Crippen LogP contribution in [-0.2, 0) is 9.53 Å². The van der Waals surface area contributed by atoms with E-state index in [1.807, 2.05) is 25.8 Å². The molecule has 1 aliphatic heterocycles. The lowest BCUT2D eigenvalue weighted by atomic mass is 10.1. The van der Waals surface area contributed by atoms with E-state index in [1.165, 1.54) is 12.8 Å². The quantitative estimate of drug-likeness (QED) is 0.715. The molecule has 1 aliphatic rings. The standard InChI is InChI=1S/C12H23NO2/c1-10(2)12(14)13(3)8-7-11-6-4-5-9-15-11/h10-11H,4-9H2,1-3H3. The zero-order chi connectivity index (χ0) is 11.3. The molecule has 0 aliphatic carbocycles. The van der Waals surface area contributed by atoms with E-state index in [-0.39, 0.29) is 11.8 Å². The predicted molar refractivity (Wildman–Crippen MR) is 60.7 cm³/mol. The summed E-state index contributed by atoms with van der Waals surface area (Å²) in [7, 11) is 1.88. The maximum Gasteiger partial charge on any atom is 0.224 e. The predicted octanol–water partition coefficient (Wildman–Crippen LogP) is 2.06. The summed E-state index contributed by atoms with van der Waals surface area (Å²) in [5.74, 6) is 0.327. The van der Waals surface area contributed by atoms with Crippen LogP contribution in [0.1, 0.15) is 39.5 Å². The number of carbonyl (C=O) groups excluding carboxylic acids is 1. The molecule has 1 rings (SSSR count). The van der Waals surface area contributed by atoms with Crippen molar-refractivity contribution in [2.24, 2.45) is 5.92 Å². The molecule has 1 atom stereocenters. The molecular formula is C12H23NO2. The van der Waals surface area contributed by atoms with Crippen molar-refractivity contribution in [3.05, 3.63) is 0 Å². The number of carbonyl (C=O) groups is 1. The Balaban J connectivity index is 2.20. The van der Waals surface area contributed by atoms with Crippen LogP contribution in [0.2, 0.25) is 0 Å². The Kier molecular flexibility index (Phi) is 5.09. The van der Waals surface area contributed by atoms with Gasteiger partial charge in [0.25, 0.3) is 0 Å². The minimum atomic E-state index is 0.0993. The van der Waals surface area contributed by atoms with Gasteiger partial charge in [-0.3, -0.25) is 4.79 Å². The minimum Gasteiger partial charge on any atom is -0.378 e. The lowest BCUT2D eigenvalue weighted by molar-refractivity contribution is -0.133. The molecule has 1 unspecified atom stereocenters. The Labute approximate surface area is 92.8 Å². The molecule has 0 N–H and O–H groups in total. The molecule has 0 bridgehead atoms. The van der Waals surface area contributed by atoms with E-state index in [9.17, 15) is 4.79 Å². The zero-order valence-corrected chi connectivity index (χ0v) is 10.2. The average Bonchev–Trinajstić information content (AvgIpc) is 2.26. The fourth-order valence-electron chi connectivity index (χ4n) is 1.92. The minimum absolute atomic E-state index is 0.0993. The molecule has 0 spiro atoms. The van der Waals surface area contributed by atoms with E-state index in [2.05, 4.69) is 0 Å². The molecule has 1 fully saturated rings. The highest BCUT2D eigenvalue weighted by molar-refractivity contribution is 5.77. The Morgan fingerprint density at radius 1 is 1.47 bits per heavy atom. The SMILES string of the molecule is CC(C)C(=O)N(C)CCC1CCCCO1. The van der Waals surface area contributed by atoms with Crippen molar-refractivity contribution in [1.29, 1.82) is 0 Å². The van der Waals surface area contributed by atoms with Gasteiger partial charge in [0.05, 0.1) is 6.10 Å². The van der Waals surface area contributed by atoms with E-state index in [0.717, 1.165) is 26.0 Å².